The second-order valence-corrected chi connectivity index (χ2v) is 5.88. The van der Waals surface area contributed by atoms with E-state index >= 15 is 0 Å². The second kappa shape index (κ2) is 5.41. The maximum Gasteiger partial charge on any atom is 0.196 e. The molecule has 23 heavy (non-hydrogen) atoms. The van der Waals surface area contributed by atoms with Crippen LogP contribution in [0.25, 0.3) is 0 Å². The minimum Gasteiger partial charge on any atom is -0.379 e. The Morgan fingerprint density at radius 2 is 1.30 bits per heavy atom. The number of morpholine rings is 1. The van der Waals surface area contributed by atoms with E-state index in [1.807, 2.05) is 47.4 Å². The van der Waals surface area contributed by atoms with Crippen molar-refractivity contribution in [1.29, 1.82) is 0 Å². The van der Waals surface area contributed by atoms with E-state index in [9.17, 15) is 9.59 Å². The quantitative estimate of drug-likeness (QED) is 0.799. The van der Waals surface area contributed by atoms with E-state index in [1.54, 1.807) is 12.1 Å². The number of fused-ring (bicyclic) bond motifs is 1. The van der Waals surface area contributed by atoms with Crippen LogP contribution in [0.1, 0.15) is 26.3 Å². The lowest BCUT2D eigenvalue weighted by Gasteiger charge is -2.40. The van der Waals surface area contributed by atoms with E-state index in [4.69, 9.17) is 4.74 Å². The molecule has 1 aliphatic carbocycles. The molecule has 2 aliphatic rings. The van der Waals surface area contributed by atoms with E-state index in [0.29, 0.717) is 37.4 Å². The minimum atomic E-state index is -1.24. The molecular formula is C19H17NO3. The van der Waals surface area contributed by atoms with Crippen LogP contribution in [0.4, 0.5) is 0 Å². The highest BCUT2D eigenvalue weighted by atomic mass is 16.5. The van der Waals surface area contributed by atoms with Gasteiger partial charge in [-0.2, -0.15) is 0 Å². The number of Topliss-reactive ketones (excluding diaryl/α,β-unsaturated/α-hetero) is 2. The average molecular weight is 307 g/mol. The van der Waals surface area contributed by atoms with Crippen molar-refractivity contribution in [3.63, 3.8) is 0 Å². The second-order valence-electron chi connectivity index (χ2n) is 5.88. The lowest BCUT2D eigenvalue weighted by molar-refractivity contribution is -0.00842. The zero-order valence-electron chi connectivity index (χ0n) is 12.7. The summed E-state index contributed by atoms with van der Waals surface area (Å²) in [6.07, 6.45) is 0. The molecule has 0 saturated carbocycles. The summed E-state index contributed by atoms with van der Waals surface area (Å²) >= 11 is 0. The molecule has 0 radical (unpaired) electrons. The van der Waals surface area contributed by atoms with Gasteiger partial charge in [-0.25, -0.2) is 0 Å². The third-order valence-electron chi connectivity index (χ3n) is 4.75. The Kier molecular flexibility index (Phi) is 3.36. The maximum absolute atomic E-state index is 13.3. The Hall–Kier alpha value is -2.30. The highest BCUT2D eigenvalue weighted by molar-refractivity contribution is 6.32. The van der Waals surface area contributed by atoms with E-state index in [-0.39, 0.29) is 11.6 Å². The van der Waals surface area contributed by atoms with Gasteiger partial charge >= 0.3 is 0 Å². The fraction of sp³-hybridized carbons (Fsp3) is 0.263. The van der Waals surface area contributed by atoms with E-state index < -0.39 is 5.54 Å². The SMILES string of the molecule is O=C1c2ccccc2C(=O)C1(c1ccccc1)N1CCOCC1. The fourth-order valence-corrected chi connectivity index (χ4v) is 3.68. The Balaban J connectivity index is 1.94. The van der Waals surface area contributed by atoms with Gasteiger partial charge in [-0.05, 0) is 5.56 Å². The van der Waals surface area contributed by atoms with Crippen LogP contribution in [0.3, 0.4) is 0 Å². The number of hydrogen-bond donors (Lipinski definition) is 0. The number of ether oxygens (including phenoxy) is 1. The van der Waals surface area contributed by atoms with E-state index in [2.05, 4.69) is 0 Å². The summed E-state index contributed by atoms with van der Waals surface area (Å²) in [4.78, 5) is 28.6. The van der Waals surface area contributed by atoms with Crippen molar-refractivity contribution < 1.29 is 14.3 Å². The number of rotatable bonds is 2. The number of carbonyl (C=O) groups is 2. The summed E-state index contributed by atoms with van der Waals surface area (Å²) in [5.74, 6) is -0.239. The number of hydrogen-bond acceptors (Lipinski definition) is 4. The van der Waals surface area contributed by atoms with Crippen LogP contribution < -0.4 is 0 Å². The molecule has 0 unspecified atom stereocenters. The molecule has 1 saturated heterocycles. The molecule has 1 aliphatic heterocycles. The third kappa shape index (κ3) is 1.92. The predicted molar refractivity (Wildman–Crippen MR) is 85.6 cm³/mol. The molecule has 0 amide bonds. The van der Waals surface area contributed by atoms with Gasteiger partial charge < -0.3 is 4.74 Å². The zero-order chi connectivity index (χ0) is 15.9. The smallest absolute Gasteiger partial charge is 0.196 e. The molecule has 0 N–H and O–H groups in total. The highest BCUT2D eigenvalue weighted by Crippen LogP contribution is 2.42. The Bertz CT molecular complexity index is 728. The first-order chi connectivity index (χ1) is 11.3. The lowest BCUT2D eigenvalue weighted by atomic mass is 9.82. The summed E-state index contributed by atoms with van der Waals surface area (Å²) < 4.78 is 5.42. The average Bonchev–Trinajstić information content (AvgIpc) is 2.86. The fourth-order valence-electron chi connectivity index (χ4n) is 3.68. The Labute approximate surface area is 134 Å². The van der Waals surface area contributed by atoms with Crippen molar-refractivity contribution in [3.8, 4) is 0 Å². The molecule has 0 bridgehead atoms. The van der Waals surface area contributed by atoms with Crippen LogP contribution >= 0.6 is 0 Å². The summed E-state index contributed by atoms with van der Waals surface area (Å²) in [5, 5.41) is 0. The monoisotopic (exact) mass is 307 g/mol. The first kappa shape index (κ1) is 14.3. The van der Waals surface area contributed by atoms with Gasteiger partial charge in [0.1, 0.15) is 0 Å². The van der Waals surface area contributed by atoms with Gasteiger partial charge in [0.15, 0.2) is 17.1 Å². The van der Waals surface area contributed by atoms with Crippen molar-refractivity contribution in [2.24, 2.45) is 0 Å². The Morgan fingerprint density at radius 1 is 0.783 bits per heavy atom. The number of ketones is 2. The molecular weight excluding hydrogens is 290 g/mol. The van der Waals surface area contributed by atoms with Gasteiger partial charge in [0.25, 0.3) is 0 Å². The molecule has 1 fully saturated rings. The third-order valence-corrected chi connectivity index (χ3v) is 4.75. The molecule has 2 aromatic carbocycles. The first-order valence-electron chi connectivity index (χ1n) is 7.83. The highest BCUT2D eigenvalue weighted by Gasteiger charge is 2.57. The van der Waals surface area contributed by atoms with Gasteiger partial charge in [-0.1, -0.05) is 54.6 Å². The molecule has 1 heterocycles. The molecule has 0 aromatic heterocycles. The van der Waals surface area contributed by atoms with Gasteiger partial charge in [0, 0.05) is 24.2 Å². The number of nitrogens with zero attached hydrogens (tertiary/aromatic N) is 1. The largest absolute Gasteiger partial charge is 0.379 e. The topological polar surface area (TPSA) is 46.6 Å². The van der Waals surface area contributed by atoms with Gasteiger partial charge in [-0.15, -0.1) is 0 Å². The van der Waals surface area contributed by atoms with Gasteiger partial charge in [0.05, 0.1) is 13.2 Å². The molecule has 4 heteroatoms. The molecule has 0 atom stereocenters. The number of carbonyl (C=O) groups excluding carboxylic acids is 2. The van der Waals surface area contributed by atoms with Crippen LogP contribution in [0, 0.1) is 0 Å². The van der Waals surface area contributed by atoms with Crippen LogP contribution in [-0.2, 0) is 10.3 Å². The number of benzene rings is 2. The van der Waals surface area contributed by atoms with Crippen molar-refractivity contribution in [2.45, 2.75) is 5.54 Å². The molecule has 0 spiro atoms. The summed E-state index contributed by atoms with van der Waals surface area (Å²) in [6, 6.07) is 16.5. The van der Waals surface area contributed by atoms with Crippen molar-refractivity contribution >= 4 is 11.6 Å². The molecule has 4 nitrogen and oxygen atoms in total. The molecule has 2 aromatic rings. The summed E-state index contributed by atoms with van der Waals surface area (Å²) in [5.41, 5.74) is 0.545. The first-order valence-corrected chi connectivity index (χ1v) is 7.83. The predicted octanol–water partition coefficient (Wildman–Crippen LogP) is 2.29. The van der Waals surface area contributed by atoms with Crippen LogP contribution in [0.2, 0.25) is 0 Å². The van der Waals surface area contributed by atoms with Crippen molar-refractivity contribution in [1.82, 2.24) is 4.90 Å². The van der Waals surface area contributed by atoms with E-state index in [0.717, 1.165) is 5.56 Å². The van der Waals surface area contributed by atoms with Gasteiger partial charge in [0.2, 0.25) is 0 Å². The van der Waals surface area contributed by atoms with Crippen LogP contribution in [0.5, 0.6) is 0 Å². The maximum atomic E-state index is 13.3. The van der Waals surface area contributed by atoms with Crippen LogP contribution in [-0.4, -0.2) is 42.8 Å². The lowest BCUT2D eigenvalue weighted by Crippen LogP contribution is -2.57. The standard InChI is InChI=1S/C19H17NO3/c21-17-15-8-4-5-9-16(15)18(22)19(17,14-6-2-1-3-7-14)20-10-12-23-13-11-20/h1-9H,10-13H2. The van der Waals surface area contributed by atoms with E-state index in [1.165, 1.54) is 0 Å². The summed E-state index contributed by atoms with van der Waals surface area (Å²) in [6.45, 7) is 2.21. The van der Waals surface area contributed by atoms with Crippen LogP contribution in [0.15, 0.2) is 54.6 Å². The molecule has 116 valence electrons. The molecule has 4 rings (SSSR count). The minimum absolute atomic E-state index is 0.119. The van der Waals surface area contributed by atoms with Crippen molar-refractivity contribution in [3.05, 3.63) is 71.3 Å². The van der Waals surface area contributed by atoms with Crippen molar-refractivity contribution in [2.75, 3.05) is 26.3 Å². The normalized spacial score (nSPS) is 20.5. The summed E-state index contributed by atoms with van der Waals surface area (Å²) in [7, 11) is 0. The van der Waals surface area contributed by atoms with Gasteiger partial charge in [-0.3, -0.25) is 14.5 Å². The Morgan fingerprint density at radius 3 is 1.87 bits per heavy atom. The zero-order valence-corrected chi connectivity index (χ0v) is 12.7.